The first-order valence-corrected chi connectivity index (χ1v) is 7.06. The number of hydrogen-bond acceptors (Lipinski definition) is 5. The second kappa shape index (κ2) is 6.41. The molecule has 22 heavy (non-hydrogen) atoms. The number of aromatic nitrogens is 2. The topological polar surface area (TPSA) is 84.4 Å². The maximum Gasteiger partial charge on any atom is 0.321 e. The van der Waals surface area contributed by atoms with Gasteiger partial charge in [0.25, 0.3) is 0 Å². The minimum atomic E-state index is -1.47. The zero-order chi connectivity index (χ0) is 16.3. The van der Waals surface area contributed by atoms with Gasteiger partial charge in [0.1, 0.15) is 5.41 Å². The number of hydrogen-bond donors (Lipinski definition) is 2. The minimum absolute atomic E-state index is 0.162. The molecule has 0 bridgehead atoms. The van der Waals surface area contributed by atoms with Crippen molar-refractivity contribution in [2.75, 3.05) is 13.2 Å². The number of fused-ring (bicyclic) bond motifs is 1. The first-order valence-electron chi connectivity index (χ1n) is 7.06. The van der Waals surface area contributed by atoms with Crippen LogP contribution in [0.5, 0.6) is 0 Å². The van der Waals surface area contributed by atoms with E-state index < -0.39 is 23.6 Å². The van der Waals surface area contributed by atoms with E-state index >= 15 is 0 Å². The van der Waals surface area contributed by atoms with Crippen molar-refractivity contribution in [2.45, 2.75) is 32.5 Å². The van der Waals surface area contributed by atoms with Crippen molar-refractivity contribution in [2.24, 2.45) is 0 Å². The molecule has 2 N–H and O–H groups in total. The van der Waals surface area contributed by atoms with Crippen molar-refractivity contribution in [3.05, 3.63) is 29.7 Å². The average molecular weight is 310 g/mol. The highest BCUT2D eigenvalue weighted by Crippen LogP contribution is 2.32. The lowest BCUT2D eigenvalue weighted by Gasteiger charge is -2.32. The van der Waals surface area contributed by atoms with Gasteiger partial charge in [0, 0.05) is 6.61 Å². The molecule has 2 unspecified atom stereocenters. The number of benzene rings is 1. The van der Waals surface area contributed by atoms with Gasteiger partial charge in [-0.2, -0.15) is 4.39 Å². The molecule has 1 heterocycles. The number of nitrogens with one attached hydrogen (secondary N) is 1. The SMILES string of the molecule is CCOC(=O)C(C)(c1ccc2[nH]nc(F)c2c1)C(O)OCC. The first kappa shape index (κ1) is 16.4. The maximum atomic E-state index is 13.7. The van der Waals surface area contributed by atoms with Crippen LogP contribution in [0.2, 0.25) is 0 Å². The van der Waals surface area contributed by atoms with Gasteiger partial charge < -0.3 is 14.6 Å². The number of nitrogens with zero attached hydrogens (tertiary/aromatic N) is 1. The van der Waals surface area contributed by atoms with Crippen LogP contribution >= 0.6 is 0 Å². The van der Waals surface area contributed by atoms with E-state index in [-0.39, 0.29) is 18.6 Å². The Morgan fingerprint density at radius 2 is 2.18 bits per heavy atom. The van der Waals surface area contributed by atoms with Crippen LogP contribution < -0.4 is 0 Å². The molecular weight excluding hydrogens is 291 g/mol. The summed E-state index contributed by atoms with van der Waals surface area (Å²) in [6, 6.07) is 4.67. The Morgan fingerprint density at radius 1 is 1.45 bits per heavy atom. The van der Waals surface area contributed by atoms with Crippen LogP contribution in [-0.2, 0) is 19.7 Å². The number of aliphatic hydroxyl groups is 1. The number of halogens is 1. The maximum absolute atomic E-state index is 13.7. The van der Waals surface area contributed by atoms with Crippen LogP contribution in [-0.4, -0.2) is 40.8 Å². The molecule has 1 aromatic carbocycles. The fourth-order valence-corrected chi connectivity index (χ4v) is 2.27. The molecule has 0 amide bonds. The smallest absolute Gasteiger partial charge is 0.321 e. The van der Waals surface area contributed by atoms with E-state index in [1.165, 1.54) is 13.0 Å². The third kappa shape index (κ3) is 2.69. The summed E-state index contributed by atoms with van der Waals surface area (Å²) in [5.74, 6) is -1.31. The number of carbonyl (C=O) groups is 1. The first-order chi connectivity index (χ1) is 10.4. The number of carbonyl (C=O) groups excluding carboxylic acids is 1. The summed E-state index contributed by atoms with van der Waals surface area (Å²) >= 11 is 0. The van der Waals surface area contributed by atoms with Crippen LogP contribution in [0.1, 0.15) is 26.3 Å². The number of esters is 1. The third-order valence-corrected chi connectivity index (χ3v) is 3.63. The summed E-state index contributed by atoms with van der Waals surface area (Å²) in [4.78, 5) is 12.4. The zero-order valence-electron chi connectivity index (χ0n) is 12.7. The van der Waals surface area contributed by atoms with E-state index in [1.807, 2.05) is 0 Å². The predicted octanol–water partition coefficient (Wildman–Crippen LogP) is 1.88. The van der Waals surface area contributed by atoms with Crippen molar-refractivity contribution in [3.63, 3.8) is 0 Å². The van der Waals surface area contributed by atoms with Gasteiger partial charge in [-0.25, -0.2) is 0 Å². The van der Waals surface area contributed by atoms with E-state index in [0.29, 0.717) is 11.1 Å². The number of aliphatic hydroxyl groups excluding tert-OH is 1. The number of rotatable bonds is 6. The van der Waals surface area contributed by atoms with E-state index in [4.69, 9.17) is 9.47 Å². The van der Waals surface area contributed by atoms with Gasteiger partial charge in [0.15, 0.2) is 6.29 Å². The number of aromatic amines is 1. The van der Waals surface area contributed by atoms with Crippen molar-refractivity contribution in [3.8, 4) is 0 Å². The lowest BCUT2D eigenvalue weighted by atomic mass is 9.81. The summed E-state index contributed by atoms with van der Waals surface area (Å²) < 4.78 is 23.9. The summed E-state index contributed by atoms with van der Waals surface area (Å²) in [5.41, 5.74) is -0.581. The second-order valence-electron chi connectivity index (χ2n) is 5.01. The van der Waals surface area contributed by atoms with E-state index in [2.05, 4.69) is 10.2 Å². The number of ether oxygens (including phenoxy) is 2. The Labute approximate surface area is 127 Å². The molecule has 7 heteroatoms. The molecule has 0 fully saturated rings. The number of H-pyrrole nitrogens is 1. The molecule has 0 saturated carbocycles. The van der Waals surface area contributed by atoms with Gasteiger partial charge in [-0.3, -0.25) is 9.89 Å². The largest absolute Gasteiger partial charge is 0.465 e. The molecule has 2 atom stereocenters. The van der Waals surface area contributed by atoms with Crippen LogP contribution in [0.25, 0.3) is 10.9 Å². The van der Waals surface area contributed by atoms with Crippen molar-refractivity contribution >= 4 is 16.9 Å². The highest BCUT2D eigenvalue weighted by molar-refractivity contribution is 5.87. The van der Waals surface area contributed by atoms with Gasteiger partial charge in [0.05, 0.1) is 17.5 Å². The quantitative estimate of drug-likeness (QED) is 0.628. The van der Waals surface area contributed by atoms with Crippen molar-refractivity contribution in [1.82, 2.24) is 10.2 Å². The lowest BCUT2D eigenvalue weighted by molar-refractivity contribution is -0.179. The third-order valence-electron chi connectivity index (χ3n) is 3.63. The highest BCUT2D eigenvalue weighted by atomic mass is 19.1. The predicted molar refractivity (Wildman–Crippen MR) is 77.7 cm³/mol. The minimum Gasteiger partial charge on any atom is -0.465 e. The molecule has 0 radical (unpaired) electrons. The van der Waals surface area contributed by atoms with Crippen LogP contribution in [0.4, 0.5) is 4.39 Å². The van der Waals surface area contributed by atoms with Crippen molar-refractivity contribution < 1.29 is 23.8 Å². The molecule has 0 aliphatic rings. The Balaban J connectivity index is 2.54. The second-order valence-corrected chi connectivity index (χ2v) is 5.01. The molecule has 0 aliphatic carbocycles. The Hall–Kier alpha value is -1.99. The summed E-state index contributed by atoms with van der Waals surface area (Å²) in [6.07, 6.45) is -1.41. The molecule has 2 aromatic rings. The van der Waals surface area contributed by atoms with Gasteiger partial charge in [-0.1, -0.05) is 6.07 Å². The summed E-state index contributed by atoms with van der Waals surface area (Å²) in [6.45, 7) is 5.26. The molecule has 120 valence electrons. The van der Waals surface area contributed by atoms with Crippen molar-refractivity contribution in [1.29, 1.82) is 0 Å². The molecule has 0 spiro atoms. The van der Waals surface area contributed by atoms with Crippen LogP contribution in [0.15, 0.2) is 18.2 Å². The zero-order valence-corrected chi connectivity index (χ0v) is 12.7. The van der Waals surface area contributed by atoms with E-state index in [9.17, 15) is 14.3 Å². The fraction of sp³-hybridized carbons (Fsp3) is 0.467. The molecule has 1 aromatic heterocycles. The van der Waals surface area contributed by atoms with Gasteiger partial charge >= 0.3 is 5.97 Å². The lowest BCUT2D eigenvalue weighted by Crippen LogP contribution is -2.46. The van der Waals surface area contributed by atoms with Gasteiger partial charge in [-0.15, -0.1) is 5.10 Å². The molecule has 0 aliphatic heterocycles. The normalized spacial score (nSPS) is 15.5. The standard InChI is InChI=1S/C15H19FN2O4/c1-4-21-13(19)15(3,14(20)22-5-2)9-6-7-11-10(8-9)12(16)18-17-11/h6-8,13,19H,4-5H2,1-3H3,(H,17,18). The molecular formula is C15H19FN2O4. The molecule has 0 saturated heterocycles. The van der Waals surface area contributed by atoms with Crippen LogP contribution in [0.3, 0.4) is 0 Å². The van der Waals surface area contributed by atoms with Gasteiger partial charge in [0.2, 0.25) is 5.95 Å². The highest BCUT2D eigenvalue weighted by Gasteiger charge is 2.45. The van der Waals surface area contributed by atoms with E-state index in [0.717, 1.165) is 0 Å². The fourth-order valence-electron chi connectivity index (χ4n) is 2.27. The monoisotopic (exact) mass is 310 g/mol. The Bertz CT molecular complexity index is 673. The Kier molecular flexibility index (Phi) is 4.77. The summed E-state index contributed by atoms with van der Waals surface area (Å²) in [5, 5.41) is 16.5. The Morgan fingerprint density at radius 3 is 2.82 bits per heavy atom. The van der Waals surface area contributed by atoms with Gasteiger partial charge in [-0.05, 0) is 38.5 Å². The van der Waals surface area contributed by atoms with E-state index in [1.54, 1.807) is 26.0 Å². The summed E-state index contributed by atoms with van der Waals surface area (Å²) in [7, 11) is 0. The average Bonchev–Trinajstić information content (AvgIpc) is 2.87. The van der Waals surface area contributed by atoms with Crippen LogP contribution in [0, 0.1) is 5.95 Å². The molecule has 6 nitrogen and oxygen atoms in total. The molecule has 2 rings (SSSR count).